The number of unbranched alkanes of at least 4 members (excludes halogenated alkanes) is 1. The highest BCUT2D eigenvalue weighted by molar-refractivity contribution is 5.90. The Balaban J connectivity index is 1.96. The average Bonchev–Trinajstić information content (AvgIpc) is 3.10. The smallest absolute Gasteiger partial charge is 0.0445 e. The van der Waals surface area contributed by atoms with Crippen LogP contribution in [-0.2, 0) is 6.54 Å². The summed E-state index contributed by atoms with van der Waals surface area (Å²) in [5, 5.41) is 0. The zero-order valence-corrected chi connectivity index (χ0v) is 13.2. The van der Waals surface area contributed by atoms with Gasteiger partial charge in [0, 0.05) is 24.4 Å². The molecule has 0 amide bonds. The second kappa shape index (κ2) is 6.34. The molecule has 2 aromatic rings. The van der Waals surface area contributed by atoms with Crippen LogP contribution in [-0.4, -0.2) is 4.57 Å². The molecule has 1 aromatic carbocycles. The van der Waals surface area contributed by atoms with Crippen LogP contribution in [0.3, 0.4) is 0 Å². The first-order valence-corrected chi connectivity index (χ1v) is 8.31. The highest BCUT2D eigenvalue weighted by Gasteiger charge is 2.26. The van der Waals surface area contributed by atoms with Crippen LogP contribution >= 0.6 is 0 Å². The molecule has 0 saturated carbocycles. The first-order valence-electron chi connectivity index (χ1n) is 8.31. The number of fused-ring (bicyclic) bond motifs is 1. The third kappa shape index (κ3) is 2.70. The Labute approximate surface area is 128 Å². The number of aryl methyl sites for hydroxylation is 1. The number of hydrogen-bond acceptors (Lipinski definition) is 0. The van der Waals surface area contributed by atoms with Gasteiger partial charge in [-0.2, -0.15) is 0 Å². The molecule has 0 N–H and O–H groups in total. The molecule has 1 aliphatic carbocycles. The number of rotatable bonds is 6. The van der Waals surface area contributed by atoms with Crippen molar-refractivity contribution in [3.63, 3.8) is 0 Å². The first-order chi connectivity index (χ1) is 10.3. The van der Waals surface area contributed by atoms with Crippen molar-refractivity contribution in [2.75, 3.05) is 0 Å². The maximum Gasteiger partial charge on any atom is 0.0445 e. The van der Waals surface area contributed by atoms with Crippen LogP contribution in [0.1, 0.15) is 62.3 Å². The molecule has 1 heteroatoms. The second-order valence-electron chi connectivity index (χ2n) is 6.01. The van der Waals surface area contributed by atoms with Crippen molar-refractivity contribution in [3.8, 4) is 0 Å². The normalized spacial score (nSPS) is 16.9. The molecule has 0 bridgehead atoms. The van der Waals surface area contributed by atoms with Crippen molar-refractivity contribution >= 4 is 11.6 Å². The Morgan fingerprint density at radius 1 is 1.00 bits per heavy atom. The van der Waals surface area contributed by atoms with E-state index < -0.39 is 0 Å². The Bertz CT molecular complexity index is 633. The lowest BCUT2D eigenvalue weighted by Gasteiger charge is -2.18. The zero-order valence-electron chi connectivity index (χ0n) is 13.2. The second-order valence-corrected chi connectivity index (χ2v) is 6.01. The van der Waals surface area contributed by atoms with Crippen LogP contribution in [0.2, 0.25) is 0 Å². The summed E-state index contributed by atoms with van der Waals surface area (Å²) in [5.74, 6) is 0.571. The van der Waals surface area contributed by atoms with Gasteiger partial charge in [0.15, 0.2) is 0 Å². The van der Waals surface area contributed by atoms with Crippen molar-refractivity contribution in [3.05, 3.63) is 59.4 Å². The molecular weight excluding hydrogens is 254 g/mol. The lowest BCUT2D eigenvalue weighted by atomic mass is 9.90. The van der Waals surface area contributed by atoms with Gasteiger partial charge in [-0.3, -0.25) is 0 Å². The number of allylic oxidation sites excluding steroid dienone is 1. The number of nitrogens with zero attached hydrogens (tertiary/aromatic N) is 1. The molecule has 0 saturated heterocycles. The summed E-state index contributed by atoms with van der Waals surface area (Å²) in [5.41, 5.74) is 5.85. The maximum absolute atomic E-state index is 2.43. The van der Waals surface area contributed by atoms with Crippen LogP contribution in [0.25, 0.3) is 11.6 Å². The molecule has 0 radical (unpaired) electrons. The molecule has 1 aromatic heterocycles. The predicted molar refractivity (Wildman–Crippen MR) is 91.3 cm³/mol. The lowest BCUT2D eigenvalue weighted by molar-refractivity contribution is 0.624. The highest BCUT2D eigenvalue weighted by Crippen LogP contribution is 2.44. The molecule has 3 rings (SSSR count). The molecule has 21 heavy (non-hydrogen) atoms. The van der Waals surface area contributed by atoms with Crippen molar-refractivity contribution in [2.45, 2.75) is 52.0 Å². The Morgan fingerprint density at radius 2 is 1.86 bits per heavy atom. The Morgan fingerprint density at radius 3 is 2.67 bits per heavy atom. The summed E-state index contributed by atoms with van der Waals surface area (Å²) in [4.78, 5) is 0. The van der Waals surface area contributed by atoms with E-state index in [2.05, 4.69) is 67.1 Å². The zero-order chi connectivity index (χ0) is 14.7. The van der Waals surface area contributed by atoms with Gasteiger partial charge in [0.05, 0.1) is 0 Å². The van der Waals surface area contributed by atoms with E-state index in [1.807, 2.05) is 0 Å². The van der Waals surface area contributed by atoms with Gasteiger partial charge in [-0.25, -0.2) is 0 Å². The molecule has 1 aliphatic rings. The van der Waals surface area contributed by atoms with Crippen molar-refractivity contribution in [2.24, 2.45) is 0 Å². The van der Waals surface area contributed by atoms with Gasteiger partial charge < -0.3 is 4.57 Å². The fourth-order valence-corrected chi connectivity index (χ4v) is 3.45. The van der Waals surface area contributed by atoms with Gasteiger partial charge in [0.2, 0.25) is 0 Å². The summed E-state index contributed by atoms with van der Waals surface area (Å²) in [6.45, 7) is 5.67. The maximum atomic E-state index is 2.43. The standard InChI is InChI=1S/C20H25N/c1-3-5-13-21-14-8-12-20(21)19-15-16-10-6-7-11-17(16)18(19)9-4-2/h6-8,10-12,14-15,18H,3-5,9,13H2,1-2H3. The molecule has 1 heterocycles. The van der Waals surface area contributed by atoms with Crippen LogP contribution in [0.5, 0.6) is 0 Å². The van der Waals surface area contributed by atoms with Crippen LogP contribution in [0.4, 0.5) is 0 Å². The summed E-state index contributed by atoms with van der Waals surface area (Å²) >= 11 is 0. The van der Waals surface area contributed by atoms with E-state index in [4.69, 9.17) is 0 Å². The largest absolute Gasteiger partial charge is 0.348 e. The van der Waals surface area contributed by atoms with Crippen LogP contribution in [0, 0.1) is 0 Å². The van der Waals surface area contributed by atoms with E-state index in [0.29, 0.717) is 5.92 Å². The minimum absolute atomic E-state index is 0.571. The van der Waals surface area contributed by atoms with Crippen molar-refractivity contribution in [1.29, 1.82) is 0 Å². The fraction of sp³-hybridized carbons (Fsp3) is 0.400. The SMILES string of the molecule is CCCCn1cccc1C1=Cc2ccccc2C1CCC. The highest BCUT2D eigenvalue weighted by atomic mass is 15.0. The van der Waals surface area contributed by atoms with E-state index in [1.54, 1.807) is 0 Å². The molecule has 0 spiro atoms. The molecule has 110 valence electrons. The molecule has 1 atom stereocenters. The van der Waals surface area contributed by atoms with Gasteiger partial charge in [-0.15, -0.1) is 0 Å². The van der Waals surface area contributed by atoms with E-state index in [-0.39, 0.29) is 0 Å². The number of aromatic nitrogens is 1. The third-order valence-corrected chi connectivity index (χ3v) is 4.51. The molecule has 0 fully saturated rings. The fourth-order valence-electron chi connectivity index (χ4n) is 3.45. The van der Waals surface area contributed by atoms with Crippen LogP contribution < -0.4 is 0 Å². The van der Waals surface area contributed by atoms with Gasteiger partial charge in [0.1, 0.15) is 0 Å². The molecule has 1 nitrogen and oxygen atoms in total. The quantitative estimate of drug-likeness (QED) is 0.636. The summed E-state index contributed by atoms with van der Waals surface area (Å²) < 4.78 is 2.43. The average molecular weight is 279 g/mol. The van der Waals surface area contributed by atoms with Crippen LogP contribution in [0.15, 0.2) is 42.6 Å². The summed E-state index contributed by atoms with van der Waals surface area (Å²) in [7, 11) is 0. The first kappa shape index (κ1) is 14.2. The van der Waals surface area contributed by atoms with E-state index in [9.17, 15) is 0 Å². The van der Waals surface area contributed by atoms with Gasteiger partial charge >= 0.3 is 0 Å². The minimum Gasteiger partial charge on any atom is -0.348 e. The number of hydrogen-bond donors (Lipinski definition) is 0. The minimum atomic E-state index is 0.571. The number of benzene rings is 1. The monoisotopic (exact) mass is 279 g/mol. The lowest BCUT2D eigenvalue weighted by Crippen LogP contribution is -2.05. The molecule has 1 unspecified atom stereocenters. The van der Waals surface area contributed by atoms with Crippen molar-refractivity contribution < 1.29 is 0 Å². The van der Waals surface area contributed by atoms with E-state index in [1.165, 1.54) is 48.1 Å². The van der Waals surface area contributed by atoms with Crippen molar-refractivity contribution in [1.82, 2.24) is 4.57 Å². The van der Waals surface area contributed by atoms with E-state index in [0.717, 1.165) is 6.54 Å². The third-order valence-electron chi connectivity index (χ3n) is 4.51. The Kier molecular flexibility index (Phi) is 4.28. The van der Waals surface area contributed by atoms with Gasteiger partial charge in [-0.05, 0) is 47.8 Å². The van der Waals surface area contributed by atoms with Gasteiger partial charge in [-0.1, -0.05) is 51.0 Å². The predicted octanol–water partition coefficient (Wildman–Crippen LogP) is 5.73. The Hall–Kier alpha value is -1.76. The topological polar surface area (TPSA) is 4.93 Å². The van der Waals surface area contributed by atoms with Gasteiger partial charge in [0.25, 0.3) is 0 Å². The molecular formula is C20H25N. The summed E-state index contributed by atoms with van der Waals surface area (Å²) in [6, 6.07) is 13.4. The summed E-state index contributed by atoms with van der Waals surface area (Å²) in [6.07, 6.45) is 9.61. The van der Waals surface area contributed by atoms with E-state index >= 15 is 0 Å². The molecule has 0 aliphatic heterocycles.